The number of likely N-dealkylation sites (N-methyl/N-ethyl adjacent to an activating group) is 1. The minimum atomic E-state index is -0.455. The maximum Gasteiger partial charge on any atom is 0.0853 e. The molecule has 0 saturated heterocycles. The first kappa shape index (κ1) is 16.2. The minimum Gasteiger partial charge on any atom is -0.388 e. The summed E-state index contributed by atoms with van der Waals surface area (Å²) < 4.78 is 5.36. The summed E-state index contributed by atoms with van der Waals surface area (Å²) in [5.41, 5.74) is 0.785. The molecule has 3 nitrogen and oxygen atoms in total. The molecule has 19 heavy (non-hydrogen) atoms. The summed E-state index contributed by atoms with van der Waals surface area (Å²) in [6.07, 6.45) is -0.455. The fraction of sp³-hybridized carbons (Fsp3) is 0.625. The topological polar surface area (TPSA) is 32.7 Å². The lowest BCUT2D eigenvalue weighted by Gasteiger charge is -2.34. The number of rotatable bonds is 8. The summed E-state index contributed by atoms with van der Waals surface area (Å²) in [7, 11) is 2.07. The van der Waals surface area contributed by atoms with Crippen LogP contribution in [0.5, 0.6) is 0 Å². The highest BCUT2D eigenvalue weighted by atomic mass is 16.5. The van der Waals surface area contributed by atoms with Gasteiger partial charge in [0.05, 0.1) is 12.7 Å². The summed E-state index contributed by atoms with van der Waals surface area (Å²) in [6, 6.07) is 9.86. The van der Waals surface area contributed by atoms with E-state index in [2.05, 4.69) is 25.8 Å². The standard InChI is InChI=1S/C16H27NO2/c1-5-19-12-11-17(4)13-16(2,3)15(18)14-9-7-6-8-10-14/h6-10,15,18H,5,11-13H2,1-4H3. The Hall–Kier alpha value is -0.900. The summed E-state index contributed by atoms with van der Waals surface area (Å²) in [6.45, 7) is 9.41. The molecule has 1 unspecified atom stereocenters. The largest absolute Gasteiger partial charge is 0.388 e. The zero-order valence-electron chi connectivity index (χ0n) is 12.6. The number of benzene rings is 1. The highest BCUT2D eigenvalue weighted by molar-refractivity contribution is 5.19. The highest BCUT2D eigenvalue weighted by Crippen LogP contribution is 2.33. The molecule has 0 heterocycles. The van der Waals surface area contributed by atoms with Gasteiger partial charge in [0, 0.05) is 25.1 Å². The molecule has 1 atom stereocenters. The molecule has 0 bridgehead atoms. The molecule has 0 aliphatic heterocycles. The monoisotopic (exact) mass is 265 g/mol. The lowest BCUT2D eigenvalue weighted by atomic mass is 9.82. The first-order valence-corrected chi connectivity index (χ1v) is 6.96. The Morgan fingerprint density at radius 3 is 2.47 bits per heavy atom. The van der Waals surface area contributed by atoms with Crippen molar-refractivity contribution in [1.82, 2.24) is 4.90 Å². The first-order chi connectivity index (χ1) is 8.97. The zero-order chi connectivity index (χ0) is 14.3. The number of aliphatic hydroxyl groups is 1. The van der Waals surface area contributed by atoms with Crippen molar-refractivity contribution in [2.24, 2.45) is 5.41 Å². The van der Waals surface area contributed by atoms with E-state index < -0.39 is 6.10 Å². The Morgan fingerprint density at radius 1 is 1.26 bits per heavy atom. The van der Waals surface area contributed by atoms with Gasteiger partial charge in [0.1, 0.15) is 0 Å². The van der Waals surface area contributed by atoms with Crippen molar-refractivity contribution in [1.29, 1.82) is 0 Å². The van der Waals surface area contributed by atoms with Crippen LogP contribution in [-0.4, -0.2) is 43.4 Å². The summed E-state index contributed by atoms with van der Waals surface area (Å²) in [5.74, 6) is 0. The van der Waals surface area contributed by atoms with Crippen LogP contribution >= 0.6 is 0 Å². The van der Waals surface area contributed by atoms with Gasteiger partial charge in [-0.2, -0.15) is 0 Å². The zero-order valence-corrected chi connectivity index (χ0v) is 12.6. The molecule has 1 aromatic rings. The molecule has 1 N–H and O–H groups in total. The molecule has 0 spiro atoms. The van der Waals surface area contributed by atoms with E-state index in [-0.39, 0.29) is 5.41 Å². The minimum absolute atomic E-state index is 0.192. The van der Waals surface area contributed by atoms with E-state index in [1.54, 1.807) is 0 Å². The third kappa shape index (κ3) is 5.31. The van der Waals surface area contributed by atoms with E-state index in [9.17, 15) is 5.11 Å². The van der Waals surface area contributed by atoms with Crippen LogP contribution in [0.1, 0.15) is 32.4 Å². The summed E-state index contributed by atoms with van der Waals surface area (Å²) >= 11 is 0. The van der Waals surface area contributed by atoms with Crippen molar-refractivity contribution in [3.05, 3.63) is 35.9 Å². The second-order valence-electron chi connectivity index (χ2n) is 5.74. The quantitative estimate of drug-likeness (QED) is 0.734. The van der Waals surface area contributed by atoms with Crippen LogP contribution < -0.4 is 0 Å². The molecule has 0 radical (unpaired) electrons. The average molecular weight is 265 g/mol. The van der Waals surface area contributed by atoms with Crippen molar-refractivity contribution in [3.63, 3.8) is 0 Å². The van der Waals surface area contributed by atoms with Crippen LogP contribution in [0, 0.1) is 5.41 Å². The van der Waals surface area contributed by atoms with Gasteiger partial charge in [-0.25, -0.2) is 0 Å². The Balaban J connectivity index is 2.54. The maximum atomic E-state index is 10.5. The van der Waals surface area contributed by atoms with Crippen molar-refractivity contribution >= 4 is 0 Å². The van der Waals surface area contributed by atoms with E-state index >= 15 is 0 Å². The summed E-state index contributed by atoms with van der Waals surface area (Å²) in [5, 5.41) is 10.5. The Kier molecular flexibility index (Phi) is 6.49. The Bertz CT molecular complexity index is 351. The molecule has 1 rings (SSSR count). The van der Waals surface area contributed by atoms with Gasteiger partial charge in [0.15, 0.2) is 0 Å². The molecular formula is C16H27NO2. The molecule has 0 aliphatic rings. The number of aliphatic hydroxyl groups excluding tert-OH is 1. The molecular weight excluding hydrogens is 238 g/mol. The fourth-order valence-electron chi connectivity index (χ4n) is 2.31. The van der Waals surface area contributed by atoms with Crippen LogP contribution in [0.25, 0.3) is 0 Å². The highest BCUT2D eigenvalue weighted by Gasteiger charge is 2.30. The predicted octanol–water partition coefficient (Wildman–Crippen LogP) is 2.71. The van der Waals surface area contributed by atoms with Crippen LogP contribution in [0.4, 0.5) is 0 Å². The molecule has 108 valence electrons. The summed E-state index contributed by atoms with van der Waals surface area (Å²) in [4.78, 5) is 2.21. The van der Waals surface area contributed by atoms with E-state index in [1.165, 1.54) is 0 Å². The van der Waals surface area contributed by atoms with Gasteiger partial charge in [-0.1, -0.05) is 44.2 Å². The number of ether oxygens (including phenoxy) is 1. The maximum absolute atomic E-state index is 10.5. The van der Waals surface area contributed by atoms with E-state index in [0.29, 0.717) is 0 Å². The molecule has 0 saturated carbocycles. The smallest absolute Gasteiger partial charge is 0.0853 e. The van der Waals surface area contributed by atoms with E-state index in [4.69, 9.17) is 4.74 Å². The lowest BCUT2D eigenvalue weighted by molar-refractivity contribution is 0.0192. The molecule has 0 aliphatic carbocycles. The van der Waals surface area contributed by atoms with Crippen LogP contribution in [0.3, 0.4) is 0 Å². The van der Waals surface area contributed by atoms with Crippen LogP contribution in [0.15, 0.2) is 30.3 Å². The Labute approximate surface area is 117 Å². The van der Waals surface area contributed by atoms with Gasteiger partial charge in [0.25, 0.3) is 0 Å². The van der Waals surface area contributed by atoms with Crippen molar-refractivity contribution in [3.8, 4) is 0 Å². The second kappa shape index (κ2) is 7.63. The molecule has 0 fully saturated rings. The first-order valence-electron chi connectivity index (χ1n) is 6.96. The third-order valence-electron chi connectivity index (χ3n) is 3.35. The van der Waals surface area contributed by atoms with Crippen LogP contribution in [0.2, 0.25) is 0 Å². The molecule has 0 aromatic heterocycles. The van der Waals surface area contributed by atoms with Gasteiger partial charge < -0.3 is 14.7 Å². The third-order valence-corrected chi connectivity index (χ3v) is 3.35. The average Bonchev–Trinajstić information content (AvgIpc) is 2.38. The van der Waals surface area contributed by atoms with E-state index in [1.807, 2.05) is 37.3 Å². The van der Waals surface area contributed by atoms with E-state index in [0.717, 1.165) is 31.9 Å². The fourth-order valence-corrected chi connectivity index (χ4v) is 2.31. The van der Waals surface area contributed by atoms with Gasteiger partial charge in [0.2, 0.25) is 0 Å². The van der Waals surface area contributed by atoms with Crippen molar-refractivity contribution in [2.45, 2.75) is 26.9 Å². The van der Waals surface area contributed by atoms with Gasteiger partial charge in [-0.3, -0.25) is 0 Å². The number of nitrogens with zero attached hydrogens (tertiary/aromatic N) is 1. The molecule has 3 heteroatoms. The normalized spacial score (nSPS) is 13.8. The SMILES string of the molecule is CCOCCN(C)CC(C)(C)C(O)c1ccccc1. The van der Waals surface area contributed by atoms with Gasteiger partial charge in [-0.15, -0.1) is 0 Å². The van der Waals surface area contributed by atoms with Crippen molar-refractivity contribution in [2.75, 3.05) is 33.4 Å². The molecule has 1 aromatic carbocycles. The number of hydrogen-bond donors (Lipinski definition) is 1. The lowest BCUT2D eigenvalue weighted by Crippen LogP contribution is -2.37. The molecule has 0 amide bonds. The number of hydrogen-bond acceptors (Lipinski definition) is 3. The van der Waals surface area contributed by atoms with Gasteiger partial charge >= 0.3 is 0 Å². The second-order valence-corrected chi connectivity index (χ2v) is 5.74. The van der Waals surface area contributed by atoms with Crippen molar-refractivity contribution < 1.29 is 9.84 Å². The van der Waals surface area contributed by atoms with Gasteiger partial charge in [-0.05, 0) is 19.5 Å². The van der Waals surface area contributed by atoms with Crippen LogP contribution in [-0.2, 0) is 4.74 Å². The Morgan fingerprint density at radius 2 is 1.89 bits per heavy atom. The predicted molar refractivity (Wildman–Crippen MR) is 79.2 cm³/mol.